The summed E-state index contributed by atoms with van der Waals surface area (Å²) in [5.74, 6) is 0.690. The molecule has 0 spiro atoms. The second-order valence-electron chi connectivity index (χ2n) is 4.67. The average Bonchev–Trinajstić information content (AvgIpc) is 2.39. The van der Waals surface area contributed by atoms with Gasteiger partial charge in [0.15, 0.2) is 0 Å². The number of urea groups is 1. The van der Waals surface area contributed by atoms with Crippen molar-refractivity contribution in [2.24, 2.45) is 0 Å². The van der Waals surface area contributed by atoms with Gasteiger partial charge >= 0.3 is 6.03 Å². The van der Waals surface area contributed by atoms with E-state index in [2.05, 4.69) is 12.2 Å². The average molecular weight is 248 g/mol. The fraction of sp³-hybridized carbons (Fsp3) is 0.500. The van der Waals surface area contributed by atoms with Gasteiger partial charge in [0.2, 0.25) is 0 Å². The molecule has 0 saturated carbocycles. The zero-order valence-electron chi connectivity index (χ0n) is 11.0. The Hall–Kier alpha value is -1.71. The Morgan fingerprint density at radius 3 is 2.89 bits per heavy atom. The summed E-state index contributed by atoms with van der Waals surface area (Å²) in [6.45, 7) is 2.93. The number of likely N-dealkylation sites (tertiary alicyclic amines) is 1. The maximum absolute atomic E-state index is 12.2. The van der Waals surface area contributed by atoms with Gasteiger partial charge in [0.1, 0.15) is 5.75 Å². The highest BCUT2D eigenvalue weighted by atomic mass is 16.5. The number of hydrogen-bond acceptors (Lipinski definition) is 2. The first-order valence-corrected chi connectivity index (χ1v) is 6.43. The van der Waals surface area contributed by atoms with E-state index in [9.17, 15) is 4.79 Å². The van der Waals surface area contributed by atoms with Gasteiger partial charge in [0.05, 0.1) is 12.8 Å². The number of benzene rings is 1. The van der Waals surface area contributed by atoms with E-state index in [1.54, 1.807) is 7.11 Å². The highest BCUT2D eigenvalue weighted by molar-refractivity contribution is 5.91. The number of methoxy groups -OCH3 is 1. The lowest BCUT2D eigenvalue weighted by atomic mass is 10.0. The molecule has 1 aliphatic rings. The lowest BCUT2D eigenvalue weighted by Crippen LogP contribution is -2.44. The predicted molar refractivity (Wildman–Crippen MR) is 72.0 cm³/mol. The molecule has 2 amide bonds. The van der Waals surface area contributed by atoms with Crippen molar-refractivity contribution in [3.8, 4) is 5.75 Å². The number of carbonyl (C=O) groups excluding carboxylic acids is 1. The maximum atomic E-state index is 12.2. The summed E-state index contributed by atoms with van der Waals surface area (Å²) < 4.78 is 5.23. The second-order valence-corrected chi connectivity index (χ2v) is 4.67. The molecule has 0 radical (unpaired) electrons. The van der Waals surface area contributed by atoms with Crippen molar-refractivity contribution in [3.63, 3.8) is 0 Å². The summed E-state index contributed by atoms with van der Waals surface area (Å²) >= 11 is 0. The number of rotatable bonds is 2. The molecular formula is C14H20N2O2. The first kappa shape index (κ1) is 12.7. The van der Waals surface area contributed by atoms with Crippen LogP contribution in [0.5, 0.6) is 5.75 Å². The number of carbonyl (C=O) groups is 1. The standard InChI is InChI=1S/C14H20N2O2/c1-11-7-5-6-10-16(11)14(17)15-12-8-3-4-9-13(12)18-2/h3-4,8-9,11H,5-7,10H2,1-2H3,(H,15,17)/t11-/m0/s1. The molecular weight excluding hydrogens is 228 g/mol. The Labute approximate surface area is 108 Å². The lowest BCUT2D eigenvalue weighted by molar-refractivity contribution is 0.170. The molecule has 2 rings (SSSR count). The van der Waals surface area contributed by atoms with Gasteiger partial charge in [-0.2, -0.15) is 0 Å². The van der Waals surface area contributed by atoms with Crippen molar-refractivity contribution >= 4 is 11.7 Å². The fourth-order valence-electron chi connectivity index (χ4n) is 2.33. The largest absolute Gasteiger partial charge is 0.495 e. The summed E-state index contributed by atoms with van der Waals surface area (Å²) in [6.07, 6.45) is 3.38. The van der Waals surface area contributed by atoms with Gasteiger partial charge in [-0.15, -0.1) is 0 Å². The minimum absolute atomic E-state index is 0.0355. The van der Waals surface area contributed by atoms with E-state index in [4.69, 9.17) is 4.74 Å². The molecule has 1 aromatic carbocycles. The third kappa shape index (κ3) is 2.75. The van der Waals surface area contributed by atoms with Gasteiger partial charge in [-0.05, 0) is 38.3 Å². The Morgan fingerprint density at radius 1 is 1.39 bits per heavy atom. The molecule has 18 heavy (non-hydrogen) atoms. The first-order chi connectivity index (χ1) is 8.72. The third-order valence-corrected chi connectivity index (χ3v) is 3.41. The topological polar surface area (TPSA) is 41.6 Å². The number of para-hydroxylation sites is 2. The van der Waals surface area contributed by atoms with Crippen LogP contribution in [0, 0.1) is 0 Å². The smallest absolute Gasteiger partial charge is 0.322 e. The van der Waals surface area contributed by atoms with Crippen LogP contribution in [-0.2, 0) is 0 Å². The van der Waals surface area contributed by atoms with Crippen molar-refractivity contribution in [1.82, 2.24) is 4.90 Å². The number of nitrogens with one attached hydrogen (secondary N) is 1. The molecule has 98 valence electrons. The van der Waals surface area contributed by atoms with Crippen molar-refractivity contribution in [1.29, 1.82) is 0 Å². The number of piperidine rings is 1. The van der Waals surface area contributed by atoms with Gasteiger partial charge in [0.25, 0.3) is 0 Å². The minimum Gasteiger partial charge on any atom is -0.495 e. The molecule has 0 aromatic heterocycles. The van der Waals surface area contributed by atoms with Gasteiger partial charge in [-0.25, -0.2) is 4.79 Å². The summed E-state index contributed by atoms with van der Waals surface area (Å²) in [7, 11) is 1.61. The van der Waals surface area contributed by atoms with Gasteiger partial charge in [-0.1, -0.05) is 12.1 Å². The Bertz CT molecular complexity index is 420. The van der Waals surface area contributed by atoms with Gasteiger partial charge < -0.3 is 15.0 Å². The number of anilines is 1. The number of nitrogens with zero attached hydrogens (tertiary/aromatic N) is 1. The number of ether oxygens (including phenoxy) is 1. The van der Waals surface area contributed by atoms with E-state index in [1.807, 2.05) is 29.2 Å². The van der Waals surface area contributed by atoms with E-state index in [0.29, 0.717) is 11.8 Å². The van der Waals surface area contributed by atoms with E-state index >= 15 is 0 Å². The van der Waals surface area contributed by atoms with Crippen molar-refractivity contribution < 1.29 is 9.53 Å². The Kier molecular flexibility index (Phi) is 4.07. The van der Waals surface area contributed by atoms with Crippen molar-refractivity contribution in [2.45, 2.75) is 32.2 Å². The summed E-state index contributed by atoms with van der Waals surface area (Å²) in [4.78, 5) is 14.1. The highest BCUT2D eigenvalue weighted by Gasteiger charge is 2.23. The maximum Gasteiger partial charge on any atom is 0.322 e. The SMILES string of the molecule is COc1ccccc1NC(=O)N1CCCC[C@@H]1C. The zero-order chi connectivity index (χ0) is 13.0. The molecule has 4 heteroatoms. The monoisotopic (exact) mass is 248 g/mol. The first-order valence-electron chi connectivity index (χ1n) is 6.43. The normalized spacial score (nSPS) is 19.4. The van der Waals surface area contributed by atoms with Crippen LogP contribution in [-0.4, -0.2) is 30.6 Å². The van der Waals surface area contributed by atoms with E-state index in [0.717, 1.165) is 25.1 Å². The molecule has 1 N–H and O–H groups in total. The minimum atomic E-state index is -0.0355. The van der Waals surface area contributed by atoms with E-state index < -0.39 is 0 Å². The quantitative estimate of drug-likeness (QED) is 0.873. The van der Waals surface area contributed by atoms with Crippen LogP contribution >= 0.6 is 0 Å². The van der Waals surface area contributed by atoms with Gasteiger partial charge in [-0.3, -0.25) is 0 Å². The van der Waals surface area contributed by atoms with Crippen LogP contribution in [0.1, 0.15) is 26.2 Å². The van der Waals surface area contributed by atoms with Crippen LogP contribution in [0.3, 0.4) is 0 Å². The van der Waals surface area contributed by atoms with Crippen LogP contribution in [0.25, 0.3) is 0 Å². The van der Waals surface area contributed by atoms with Crippen LogP contribution < -0.4 is 10.1 Å². The summed E-state index contributed by atoms with van der Waals surface area (Å²) in [6, 6.07) is 7.75. The van der Waals surface area contributed by atoms with Gasteiger partial charge in [0, 0.05) is 12.6 Å². The Morgan fingerprint density at radius 2 is 2.17 bits per heavy atom. The summed E-state index contributed by atoms with van der Waals surface area (Å²) in [5, 5.41) is 2.92. The molecule has 4 nitrogen and oxygen atoms in total. The van der Waals surface area contributed by atoms with Crippen LogP contribution in [0.4, 0.5) is 10.5 Å². The molecule has 1 atom stereocenters. The van der Waals surface area contributed by atoms with Crippen LogP contribution in [0.2, 0.25) is 0 Å². The molecule has 1 fully saturated rings. The zero-order valence-corrected chi connectivity index (χ0v) is 11.0. The molecule has 0 bridgehead atoms. The molecule has 1 aliphatic heterocycles. The summed E-state index contributed by atoms with van der Waals surface area (Å²) in [5.41, 5.74) is 0.725. The second kappa shape index (κ2) is 5.76. The number of amides is 2. The molecule has 0 aliphatic carbocycles. The number of hydrogen-bond donors (Lipinski definition) is 1. The lowest BCUT2D eigenvalue weighted by Gasteiger charge is -2.33. The molecule has 1 saturated heterocycles. The van der Waals surface area contributed by atoms with E-state index in [-0.39, 0.29) is 6.03 Å². The molecule has 1 heterocycles. The molecule has 1 aromatic rings. The fourth-order valence-corrected chi connectivity index (χ4v) is 2.33. The predicted octanol–water partition coefficient (Wildman–Crippen LogP) is 3.10. The van der Waals surface area contributed by atoms with Crippen molar-refractivity contribution in [2.75, 3.05) is 19.0 Å². The highest BCUT2D eigenvalue weighted by Crippen LogP contribution is 2.24. The third-order valence-electron chi connectivity index (χ3n) is 3.41. The molecule has 0 unspecified atom stereocenters. The van der Waals surface area contributed by atoms with Crippen LogP contribution in [0.15, 0.2) is 24.3 Å². The Balaban J connectivity index is 2.06. The van der Waals surface area contributed by atoms with Crippen molar-refractivity contribution in [3.05, 3.63) is 24.3 Å². The van der Waals surface area contributed by atoms with E-state index in [1.165, 1.54) is 6.42 Å².